The molecular formula is C43H25N3O2. The van der Waals surface area contributed by atoms with E-state index in [4.69, 9.17) is 23.8 Å². The number of rotatable bonds is 4. The molecule has 10 aromatic rings. The van der Waals surface area contributed by atoms with Gasteiger partial charge >= 0.3 is 0 Å². The maximum atomic E-state index is 6.62. The molecule has 7 aromatic carbocycles. The first-order valence-corrected chi connectivity index (χ1v) is 15.9. The Hall–Kier alpha value is -6.59. The van der Waals surface area contributed by atoms with Crippen LogP contribution in [0.25, 0.3) is 99.9 Å². The summed E-state index contributed by atoms with van der Waals surface area (Å²) in [6.07, 6.45) is 0. The first-order valence-electron chi connectivity index (χ1n) is 15.9. The van der Waals surface area contributed by atoms with Crippen molar-refractivity contribution in [2.75, 3.05) is 0 Å². The molecule has 0 radical (unpaired) electrons. The van der Waals surface area contributed by atoms with Gasteiger partial charge in [0, 0.05) is 32.7 Å². The van der Waals surface area contributed by atoms with Gasteiger partial charge in [-0.3, -0.25) is 0 Å². The molecule has 0 bridgehead atoms. The van der Waals surface area contributed by atoms with Crippen LogP contribution in [0.3, 0.4) is 0 Å². The third kappa shape index (κ3) is 4.15. The third-order valence-electron chi connectivity index (χ3n) is 9.14. The first kappa shape index (κ1) is 26.6. The van der Waals surface area contributed by atoms with Gasteiger partial charge in [0.05, 0.1) is 5.56 Å². The zero-order valence-electron chi connectivity index (χ0n) is 25.6. The van der Waals surface area contributed by atoms with Crippen LogP contribution in [0.4, 0.5) is 0 Å². The predicted molar refractivity (Wildman–Crippen MR) is 194 cm³/mol. The molecule has 0 aliphatic rings. The van der Waals surface area contributed by atoms with E-state index in [0.29, 0.717) is 17.5 Å². The van der Waals surface area contributed by atoms with E-state index in [2.05, 4.69) is 84.9 Å². The van der Waals surface area contributed by atoms with Crippen LogP contribution in [0, 0.1) is 0 Å². The number of hydrogen-bond acceptors (Lipinski definition) is 5. The lowest BCUT2D eigenvalue weighted by atomic mass is 9.97. The average Bonchev–Trinajstić information content (AvgIpc) is 3.73. The number of para-hydroxylation sites is 2. The smallest absolute Gasteiger partial charge is 0.167 e. The summed E-state index contributed by atoms with van der Waals surface area (Å²) in [7, 11) is 0. The largest absolute Gasteiger partial charge is 0.456 e. The summed E-state index contributed by atoms with van der Waals surface area (Å²) >= 11 is 0. The average molecular weight is 616 g/mol. The summed E-state index contributed by atoms with van der Waals surface area (Å²) in [5.41, 5.74) is 8.05. The van der Waals surface area contributed by atoms with E-state index in [0.717, 1.165) is 82.5 Å². The summed E-state index contributed by atoms with van der Waals surface area (Å²) in [4.78, 5) is 15.3. The van der Waals surface area contributed by atoms with E-state index in [-0.39, 0.29) is 0 Å². The highest BCUT2D eigenvalue weighted by atomic mass is 16.3. The minimum Gasteiger partial charge on any atom is -0.456 e. The van der Waals surface area contributed by atoms with Crippen LogP contribution in [-0.2, 0) is 0 Å². The number of aromatic nitrogens is 3. The second-order valence-corrected chi connectivity index (χ2v) is 12.0. The highest BCUT2D eigenvalue weighted by Crippen LogP contribution is 2.41. The molecule has 0 N–H and O–H groups in total. The minimum absolute atomic E-state index is 0.546. The second kappa shape index (κ2) is 10.5. The highest BCUT2D eigenvalue weighted by molar-refractivity contribution is 6.22. The van der Waals surface area contributed by atoms with E-state index in [1.54, 1.807) is 0 Å². The van der Waals surface area contributed by atoms with Gasteiger partial charge in [-0.05, 0) is 52.2 Å². The molecule has 0 fully saturated rings. The molecule has 48 heavy (non-hydrogen) atoms. The van der Waals surface area contributed by atoms with Gasteiger partial charge in [-0.25, -0.2) is 15.0 Å². The van der Waals surface area contributed by atoms with Crippen LogP contribution in [0.15, 0.2) is 160 Å². The van der Waals surface area contributed by atoms with Crippen molar-refractivity contribution in [1.82, 2.24) is 15.0 Å². The van der Waals surface area contributed by atoms with Crippen molar-refractivity contribution in [3.63, 3.8) is 0 Å². The number of furan rings is 2. The maximum absolute atomic E-state index is 6.62. The van der Waals surface area contributed by atoms with Crippen molar-refractivity contribution >= 4 is 54.6 Å². The number of hydrogen-bond donors (Lipinski definition) is 0. The van der Waals surface area contributed by atoms with E-state index in [9.17, 15) is 0 Å². The fourth-order valence-corrected chi connectivity index (χ4v) is 6.89. The fraction of sp³-hybridized carbons (Fsp3) is 0. The van der Waals surface area contributed by atoms with Gasteiger partial charge in [-0.15, -0.1) is 0 Å². The monoisotopic (exact) mass is 615 g/mol. The number of benzene rings is 7. The Balaban J connectivity index is 1.24. The SMILES string of the molecule is c1ccc(-c2ccc3c(c2)oc2cc(-c4nc(-c5ccccc5)nc(-c5cccc6c5oc5ccccc56)n4)c4ccccc4c23)cc1. The summed E-state index contributed by atoms with van der Waals surface area (Å²) in [5, 5.41) is 6.36. The van der Waals surface area contributed by atoms with Crippen molar-refractivity contribution < 1.29 is 8.83 Å². The van der Waals surface area contributed by atoms with E-state index >= 15 is 0 Å². The zero-order valence-corrected chi connectivity index (χ0v) is 25.6. The first-order chi connectivity index (χ1) is 23.8. The van der Waals surface area contributed by atoms with Gasteiger partial charge in [0.1, 0.15) is 22.3 Å². The van der Waals surface area contributed by atoms with Crippen LogP contribution >= 0.6 is 0 Å². The molecular weight excluding hydrogens is 590 g/mol. The molecule has 0 aliphatic carbocycles. The quantitative estimate of drug-likeness (QED) is 0.197. The van der Waals surface area contributed by atoms with Crippen LogP contribution in [0.1, 0.15) is 0 Å². The molecule has 0 saturated heterocycles. The summed E-state index contributed by atoms with van der Waals surface area (Å²) < 4.78 is 13.0. The molecule has 5 heteroatoms. The van der Waals surface area contributed by atoms with Gasteiger partial charge in [-0.1, -0.05) is 121 Å². The Labute approximate surface area is 274 Å². The standard InChI is InChI=1S/C43H25N3O2/c1-3-12-26(13-4-1)28-22-23-33-37(24-28)47-38-25-35(29-16-7-8-18-31(29)39(33)38)43-45-41(27-14-5-2-6-15-27)44-42(46-43)34-20-11-19-32-30-17-9-10-21-36(30)48-40(32)34/h1-25H. The number of nitrogens with zero attached hydrogens (tertiary/aromatic N) is 3. The lowest BCUT2D eigenvalue weighted by Crippen LogP contribution is -2.00. The Morgan fingerprint density at radius 2 is 0.979 bits per heavy atom. The summed E-state index contributed by atoms with van der Waals surface area (Å²) in [6, 6.07) is 51.6. The minimum atomic E-state index is 0.546. The molecule has 0 unspecified atom stereocenters. The predicted octanol–water partition coefficient (Wildman–Crippen LogP) is 11.5. The second-order valence-electron chi connectivity index (χ2n) is 12.0. The van der Waals surface area contributed by atoms with E-state index < -0.39 is 0 Å². The van der Waals surface area contributed by atoms with Gasteiger partial charge in [0.2, 0.25) is 0 Å². The van der Waals surface area contributed by atoms with Gasteiger partial charge in [0.15, 0.2) is 17.5 Å². The summed E-state index contributed by atoms with van der Waals surface area (Å²) in [5.74, 6) is 1.70. The Bertz CT molecular complexity index is 2840. The van der Waals surface area contributed by atoms with E-state index in [1.807, 2.05) is 66.7 Å². The molecule has 5 nitrogen and oxygen atoms in total. The van der Waals surface area contributed by atoms with Crippen molar-refractivity contribution in [1.29, 1.82) is 0 Å². The lowest BCUT2D eigenvalue weighted by molar-refractivity contribution is 0.669. The number of fused-ring (bicyclic) bond motifs is 8. The van der Waals surface area contributed by atoms with Crippen LogP contribution in [-0.4, -0.2) is 15.0 Å². The van der Waals surface area contributed by atoms with Crippen molar-refractivity contribution in [3.05, 3.63) is 152 Å². The van der Waals surface area contributed by atoms with Gasteiger partial charge in [0.25, 0.3) is 0 Å². The Kier molecular flexibility index (Phi) is 5.81. The van der Waals surface area contributed by atoms with E-state index in [1.165, 1.54) is 0 Å². The molecule has 3 heterocycles. The Morgan fingerprint density at radius 3 is 1.79 bits per heavy atom. The van der Waals surface area contributed by atoms with Crippen molar-refractivity contribution in [2.24, 2.45) is 0 Å². The van der Waals surface area contributed by atoms with Crippen molar-refractivity contribution in [3.8, 4) is 45.3 Å². The lowest BCUT2D eigenvalue weighted by Gasteiger charge is -2.11. The molecule has 0 atom stereocenters. The summed E-state index contributed by atoms with van der Waals surface area (Å²) in [6.45, 7) is 0. The molecule has 0 spiro atoms. The van der Waals surface area contributed by atoms with Crippen LogP contribution in [0.5, 0.6) is 0 Å². The molecule has 0 aliphatic heterocycles. The molecule has 224 valence electrons. The molecule has 0 saturated carbocycles. The maximum Gasteiger partial charge on any atom is 0.167 e. The fourth-order valence-electron chi connectivity index (χ4n) is 6.89. The molecule has 10 rings (SSSR count). The third-order valence-corrected chi connectivity index (χ3v) is 9.14. The topological polar surface area (TPSA) is 65.0 Å². The normalized spacial score (nSPS) is 11.8. The Morgan fingerprint density at radius 1 is 0.333 bits per heavy atom. The van der Waals surface area contributed by atoms with Crippen molar-refractivity contribution in [2.45, 2.75) is 0 Å². The van der Waals surface area contributed by atoms with Gasteiger partial charge in [-0.2, -0.15) is 0 Å². The molecule has 0 amide bonds. The van der Waals surface area contributed by atoms with Crippen LogP contribution in [0.2, 0.25) is 0 Å². The molecule has 3 aromatic heterocycles. The highest BCUT2D eigenvalue weighted by Gasteiger charge is 2.21. The van der Waals surface area contributed by atoms with Gasteiger partial charge < -0.3 is 8.83 Å². The van der Waals surface area contributed by atoms with Crippen LogP contribution < -0.4 is 0 Å². The zero-order chi connectivity index (χ0) is 31.6.